The van der Waals surface area contributed by atoms with E-state index in [1.54, 1.807) is 13.3 Å². The van der Waals surface area contributed by atoms with E-state index in [0.29, 0.717) is 12.6 Å². The molecule has 0 atom stereocenters. The number of rotatable bonds is 9. The third kappa shape index (κ3) is 6.03. The summed E-state index contributed by atoms with van der Waals surface area (Å²) in [5.74, 6) is 2.44. The minimum atomic E-state index is 0.253. The predicted octanol–water partition coefficient (Wildman–Crippen LogP) is 5.74. The third-order valence-corrected chi connectivity index (χ3v) is 6.75. The van der Waals surface area contributed by atoms with Crippen LogP contribution in [0.2, 0.25) is 0 Å². The quantitative estimate of drug-likeness (QED) is 0.424. The fourth-order valence-corrected chi connectivity index (χ4v) is 4.80. The van der Waals surface area contributed by atoms with Gasteiger partial charge in [-0.25, -0.2) is 4.98 Å². The fourth-order valence-electron chi connectivity index (χ4n) is 4.80. The molecule has 3 heterocycles. The van der Waals surface area contributed by atoms with E-state index in [1.165, 1.54) is 12.8 Å². The normalized spacial score (nSPS) is 16.7. The van der Waals surface area contributed by atoms with Gasteiger partial charge in [0.15, 0.2) is 11.5 Å². The minimum absolute atomic E-state index is 0.253. The van der Waals surface area contributed by atoms with Gasteiger partial charge in [-0.3, -0.25) is 4.98 Å². The van der Waals surface area contributed by atoms with Gasteiger partial charge < -0.3 is 24.4 Å². The molecule has 35 heavy (non-hydrogen) atoms. The second kappa shape index (κ2) is 11.4. The number of nitrogens with one attached hydrogen (secondary N) is 1. The molecule has 0 unspecified atom stereocenters. The highest BCUT2D eigenvalue weighted by molar-refractivity contribution is 5.67. The molecule has 1 N–H and O–H groups in total. The van der Waals surface area contributed by atoms with Gasteiger partial charge in [-0.1, -0.05) is 6.07 Å². The Morgan fingerprint density at radius 1 is 0.971 bits per heavy atom. The summed E-state index contributed by atoms with van der Waals surface area (Å²) < 4.78 is 17.5. The Kier molecular flexibility index (Phi) is 7.63. The lowest BCUT2D eigenvalue weighted by Crippen LogP contribution is -2.28. The molecule has 0 amide bonds. The van der Waals surface area contributed by atoms with E-state index in [0.717, 1.165) is 73.2 Å². The topological polar surface area (TPSA) is 68.7 Å². The number of ether oxygens (including phenoxy) is 3. The number of anilines is 3. The summed E-state index contributed by atoms with van der Waals surface area (Å²) >= 11 is 0. The molecule has 0 spiro atoms. The van der Waals surface area contributed by atoms with Gasteiger partial charge >= 0.3 is 0 Å². The van der Waals surface area contributed by atoms with Crippen LogP contribution in [0.25, 0.3) is 0 Å². The van der Waals surface area contributed by atoms with Crippen molar-refractivity contribution in [3.8, 4) is 11.5 Å². The SMILES string of the molecule is COc1ccc(N(Cc2cccnc2)c2ccc(NC3CCOCC3)nc2)cc1OC1CCCC1. The van der Waals surface area contributed by atoms with Gasteiger partial charge in [0, 0.05) is 49.9 Å². The number of hydrogen-bond acceptors (Lipinski definition) is 7. The lowest BCUT2D eigenvalue weighted by Gasteiger charge is -2.27. The molecule has 1 saturated carbocycles. The first-order valence-electron chi connectivity index (χ1n) is 12.6. The van der Waals surface area contributed by atoms with E-state index in [1.807, 2.05) is 24.5 Å². The maximum Gasteiger partial charge on any atom is 0.163 e. The standard InChI is InChI=1S/C28H34N4O3/c1-33-26-10-8-23(17-27(26)35-25-6-2-3-7-25)32(20-21-5-4-14-29-18-21)24-9-11-28(30-19-24)31-22-12-15-34-16-13-22/h4-5,8-11,14,17-19,22,25H,2-3,6-7,12-13,15-16,20H2,1H3,(H,30,31). The van der Waals surface area contributed by atoms with Gasteiger partial charge in [0.05, 0.1) is 25.1 Å². The zero-order valence-electron chi connectivity index (χ0n) is 20.4. The number of benzene rings is 1. The van der Waals surface area contributed by atoms with Crippen molar-refractivity contribution in [2.24, 2.45) is 0 Å². The Morgan fingerprint density at radius 3 is 2.51 bits per heavy atom. The summed E-state index contributed by atoms with van der Waals surface area (Å²) in [7, 11) is 1.69. The van der Waals surface area contributed by atoms with Crippen molar-refractivity contribution in [1.29, 1.82) is 0 Å². The van der Waals surface area contributed by atoms with Crippen molar-refractivity contribution in [2.75, 3.05) is 30.5 Å². The Bertz CT molecular complexity index is 1070. The highest BCUT2D eigenvalue weighted by atomic mass is 16.5. The van der Waals surface area contributed by atoms with Crippen LogP contribution in [-0.2, 0) is 11.3 Å². The highest BCUT2D eigenvalue weighted by Gasteiger charge is 2.21. The number of aromatic nitrogens is 2. The first-order valence-corrected chi connectivity index (χ1v) is 12.6. The largest absolute Gasteiger partial charge is 0.493 e. The Labute approximate surface area is 207 Å². The summed E-state index contributed by atoms with van der Waals surface area (Å²) in [6.45, 7) is 2.27. The summed E-state index contributed by atoms with van der Waals surface area (Å²) in [6.07, 6.45) is 12.5. The average Bonchev–Trinajstić information content (AvgIpc) is 3.42. The zero-order valence-corrected chi connectivity index (χ0v) is 20.4. The van der Waals surface area contributed by atoms with Crippen molar-refractivity contribution in [3.63, 3.8) is 0 Å². The van der Waals surface area contributed by atoms with Gasteiger partial charge in [0.25, 0.3) is 0 Å². The Balaban J connectivity index is 1.42. The molecular weight excluding hydrogens is 440 g/mol. The molecule has 0 bridgehead atoms. The van der Waals surface area contributed by atoms with Crippen LogP contribution < -0.4 is 19.7 Å². The molecule has 1 aliphatic carbocycles. The van der Waals surface area contributed by atoms with Gasteiger partial charge in [-0.2, -0.15) is 0 Å². The lowest BCUT2D eigenvalue weighted by atomic mass is 10.1. The number of hydrogen-bond donors (Lipinski definition) is 1. The van der Waals surface area contributed by atoms with E-state index in [9.17, 15) is 0 Å². The molecule has 2 aliphatic rings. The van der Waals surface area contributed by atoms with Gasteiger partial charge in [0.1, 0.15) is 5.82 Å². The van der Waals surface area contributed by atoms with E-state index in [2.05, 4.69) is 45.5 Å². The maximum absolute atomic E-state index is 6.38. The first kappa shape index (κ1) is 23.4. The molecule has 1 aliphatic heterocycles. The van der Waals surface area contributed by atoms with Gasteiger partial charge in [-0.05, 0) is 74.4 Å². The monoisotopic (exact) mass is 474 g/mol. The van der Waals surface area contributed by atoms with E-state index < -0.39 is 0 Å². The molecule has 1 saturated heterocycles. The second-order valence-electron chi connectivity index (χ2n) is 9.24. The van der Waals surface area contributed by atoms with Crippen LogP contribution in [-0.4, -0.2) is 42.4 Å². The predicted molar refractivity (Wildman–Crippen MR) is 138 cm³/mol. The minimum Gasteiger partial charge on any atom is -0.493 e. The smallest absolute Gasteiger partial charge is 0.163 e. The lowest BCUT2D eigenvalue weighted by molar-refractivity contribution is 0.0904. The first-order chi connectivity index (χ1) is 17.3. The van der Waals surface area contributed by atoms with Crippen molar-refractivity contribution >= 4 is 17.2 Å². The van der Waals surface area contributed by atoms with Crippen LogP contribution in [0.1, 0.15) is 44.1 Å². The van der Waals surface area contributed by atoms with Crippen LogP contribution in [0, 0.1) is 0 Å². The van der Waals surface area contributed by atoms with Crippen molar-refractivity contribution in [3.05, 3.63) is 66.6 Å². The molecule has 0 radical (unpaired) electrons. The second-order valence-corrected chi connectivity index (χ2v) is 9.24. The molecule has 1 aromatic carbocycles. The molecule has 3 aromatic rings. The number of methoxy groups -OCH3 is 1. The summed E-state index contributed by atoms with van der Waals surface area (Å²) in [5.41, 5.74) is 3.14. The van der Waals surface area contributed by atoms with Gasteiger partial charge in [-0.15, -0.1) is 0 Å². The zero-order chi connectivity index (χ0) is 23.9. The van der Waals surface area contributed by atoms with Crippen LogP contribution in [0.3, 0.4) is 0 Å². The summed E-state index contributed by atoms with van der Waals surface area (Å²) in [5, 5.41) is 3.54. The van der Waals surface area contributed by atoms with Crippen molar-refractivity contribution < 1.29 is 14.2 Å². The molecule has 2 fully saturated rings. The van der Waals surface area contributed by atoms with Crippen LogP contribution >= 0.6 is 0 Å². The molecule has 5 rings (SSSR count). The van der Waals surface area contributed by atoms with Crippen LogP contribution in [0.5, 0.6) is 11.5 Å². The maximum atomic E-state index is 6.38. The van der Waals surface area contributed by atoms with E-state index in [4.69, 9.17) is 19.2 Å². The summed E-state index contributed by atoms with van der Waals surface area (Å²) in [4.78, 5) is 11.3. The van der Waals surface area contributed by atoms with E-state index >= 15 is 0 Å². The molecule has 7 nitrogen and oxygen atoms in total. The van der Waals surface area contributed by atoms with Gasteiger partial charge in [0.2, 0.25) is 0 Å². The number of pyridine rings is 2. The third-order valence-electron chi connectivity index (χ3n) is 6.75. The van der Waals surface area contributed by atoms with Crippen LogP contribution in [0.4, 0.5) is 17.2 Å². The average molecular weight is 475 g/mol. The van der Waals surface area contributed by atoms with E-state index in [-0.39, 0.29) is 6.10 Å². The highest BCUT2D eigenvalue weighted by Crippen LogP contribution is 2.37. The molecule has 7 heteroatoms. The number of nitrogens with zero attached hydrogens (tertiary/aromatic N) is 3. The Hall–Kier alpha value is -3.32. The summed E-state index contributed by atoms with van der Waals surface area (Å²) in [6, 6.07) is 14.8. The fraction of sp³-hybridized carbons (Fsp3) is 0.429. The Morgan fingerprint density at radius 2 is 1.80 bits per heavy atom. The van der Waals surface area contributed by atoms with Crippen LogP contribution in [0.15, 0.2) is 61.1 Å². The van der Waals surface area contributed by atoms with Crippen molar-refractivity contribution in [1.82, 2.24) is 9.97 Å². The van der Waals surface area contributed by atoms with Crippen molar-refractivity contribution in [2.45, 2.75) is 57.2 Å². The molecule has 184 valence electrons. The molecular formula is C28H34N4O3. The molecule has 2 aromatic heterocycles.